The maximum atomic E-state index is 12.1. The molecular formula is C10H10BrNO5. The van der Waals surface area contributed by atoms with Crippen molar-refractivity contribution in [2.24, 2.45) is 0 Å². The third-order valence-corrected chi connectivity index (χ3v) is 3.29. The summed E-state index contributed by atoms with van der Waals surface area (Å²) in [5.41, 5.74) is 0.255. The molecule has 0 spiro atoms. The molecule has 0 aliphatic carbocycles. The van der Waals surface area contributed by atoms with E-state index in [9.17, 15) is 14.7 Å². The number of likely N-dealkylation sites (tertiary alicyclic amines) is 1. The number of aliphatic hydroxyl groups excluding tert-OH is 1. The molecular weight excluding hydrogens is 294 g/mol. The summed E-state index contributed by atoms with van der Waals surface area (Å²) in [6.07, 6.45) is 0.585. The number of hydrogen-bond donors (Lipinski definition) is 2. The van der Waals surface area contributed by atoms with E-state index in [2.05, 4.69) is 15.9 Å². The number of carboxylic acids is 1. The summed E-state index contributed by atoms with van der Waals surface area (Å²) in [7, 11) is 0. The zero-order valence-corrected chi connectivity index (χ0v) is 10.3. The third kappa shape index (κ3) is 2.20. The van der Waals surface area contributed by atoms with E-state index in [0.29, 0.717) is 0 Å². The van der Waals surface area contributed by atoms with Crippen LogP contribution < -0.4 is 0 Å². The number of halogens is 1. The van der Waals surface area contributed by atoms with Gasteiger partial charge in [0.15, 0.2) is 4.67 Å². The minimum atomic E-state index is -1.12. The highest BCUT2D eigenvalue weighted by Crippen LogP contribution is 2.25. The van der Waals surface area contributed by atoms with Crippen LogP contribution in [0.15, 0.2) is 21.4 Å². The first-order chi connectivity index (χ1) is 8.00. The molecule has 2 rings (SSSR count). The number of rotatable bonds is 2. The van der Waals surface area contributed by atoms with E-state index in [0.717, 1.165) is 4.90 Å². The molecule has 92 valence electrons. The Morgan fingerprint density at radius 2 is 2.24 bits per heavy atom. The van der Waals surface area contributed by atoms with Gasteiger partial charge in [-0.25, -0.2) is 4.79 Å². The second-order valence-electron chi connectivity index (χ2n) is 3.81. The summed E-state index contributed by atoms with van der Waals surface area (Å²) in [5, 5.41) is 18.4. The van der Waals surface area contributed by atoms with Gasteiger partial charge in [-0.3, -0.25) is 4.79 Å². The second-order valence-corrected chi connectivity index (χ2v) is 4.53. The highest BCUT2D eigenvalue weighted by atomic mass is 79.9. The molecule has 2 heterocycles. The molecule has 7 heteroatoms. The molecule has 1 saturated heterocycles. The number of β-amino-alcohol motifs (C(OH)–C–C–N with tert-alkyl or cyclic N) is 1. The Morgan fingerprint density at radius 3 is 2.76 bits per heavy atom. The monoisotopic (exact) mass is 303 g/mol. The van der Waals surface area contributed by atoms with Gasteiger partial charge < -0.3 is 19.5 Å². The van der Waals surface area contributed by atoms with Gasteiger partial charge in [0.05, 0.1) is 17.9 Å². The predicted octanol–water partition coefficient (Wildman–Crippen LogP) is 0.702. The van der Waals surface area contributed by atoms with Crippen molar-refractivity contribution in [3.05, 3.63) is 22.6 Å². The molecule has 1 fully saturated rings. The van der Waals surface area contributed by atoms with Gasteiger partial charge in [-0.05, 0) is 22.0 Å². The lowest BCUT2D eigenvalue weighted by molar-refractivity contribution is -0.141. The number of nitrogens with zero attached hydrogens (tertiary/aromatic N) is 1. The quantitative estimate of drug-likeness (QED) is 0.839. The van der Waals surface area contributed by atoms with E-state index in [4.69, 9.17) is 9.52 Å². The molecule has 17 heavy (non-hydrogen) atoms. The average molecular weight is 304 g/mol. The first-order valence-corrected chi connectivity index (χ1v) is 5.75. The Labute approximate surface area is 105 Å². The van der Waals surface area contributed by atoms with Crippen molar-refractivity contribution in [3.8, 4) is 0 Å². The number of carbonyl (C=O) groups is 2. The van der Waals surface area contributed by atoms with Crippen LogP contribution in [0.5, 0.6) is 0 Å². The van der Waals surface area contributed by atoms with Gasteiger partial charge in [0, 0.05) is 13.0 Å². The molecule has 2 atom stereocenters. The van der Waals surface area contributed by atoms with Gasteiger partial charge in [-0.15, -0.1) is 0 Å². The number of aliphatic hydroxyl groups is 1. The zero-order valence-electron chi connectivity index (χ0n) is 8.67. The van der Waals surface area contributed by atoms with Crippen LogP contribution in [0.25, 0.3) is 0 Å². The number of amides is 1. The first kappa shape index (κ1) is 12.1. The standard InChI is InChI=1S/C10H10BrNO5/c11-8-6(1-2-17-8)9(14)12-4-5(13)3-7(12)10(15)16/h1-2,5,7,13H,3-4H2,(H,15,16)/t5-,7+/m1/s1. The Balaban J connectivity index is 2.25. The summed E-state index contributed by atoms with van der Waals surface area (Å²) in [6, 6.07) is 0.468. The van der Waals surface area contributed by atoms with E-state index >= 15 is 0 Å². The lowest BCUT2D eigenvalue weighted by Gasteiger charge is -2.20. The van der Waals surface area contributed by atoms with E-state index in [1.54, 1.807) is 0 Å². The Kier molecular flexibility index (Phi) is 3.21. The largest absolute Gasteiger partial charge is 0.480 e. The Hall–Kier alpha value is -1.34. The summed E-state index contributed by atoms with van der Waals surface area (Å²) < 4.78 is 5.18. The van der Waals surface area contributed by atoms with Crippen LogP contribution in [0, 0.1) is 0 Å². The van der Waals surface area contributed by atoms with E-state index in [1.165, 1.54) is 12.3 Å². The molecule has 1 aliphatic rings. The molecule has 0 unspecified atom stereocenters. The van der Waals surface area contributed by atoms with Gasteiger partial charge in [0.25, 0.3) is 5.91 Å². The lowest BCUT2D eigenvalue weighted by atomic mass is 10.2. The second kappa shape index (κ2) is 4.50. The topological polar surface area (TPSA) is 91.0 Å². The maximum absolute atomic E-state index is 12.1. The fourth-order valence-corrected chi connectivity index (χ4v) is 2.28. The van der Waals surface area contributed by atoms with Gasteiger partial charge in [-0.2, -0.15) is 0 Å². The molecule has 1 amide bonds. The Bertz CT molecular complexity index is 457. The van der Waals surface area contributed by atoms with E-state index < -0.39 is 24.0 Å². The molecule has 0 saturated carbocycles. The van der Waals surface area contributed by atoms with Crippen LogP contribution in [0.4, 0.5) is 0 Å². The minimum Gasteiger partial charge on any atom is -0.480 e. The van der Waals surface area contributed by atoms with Crippen LogP contribution in [0.1, 0.15) is 16.8 Å². The molecule has 6 nitrogen and oxygen atoms in total. The fraction of sp³-hybridized carbons (Fsp3) is 0.400. The normalized spacial score (nSPS) is 24.0. The average Bonchev–Trinajstić information content (AvgIpc) is 2.83. The number of furan rings is 1. The summed E-state index contributed by atoms with van der Waals surface area (Å²) in [6.45, 7) is 0.0212. The molecule has 0 radical (unpaired) electrons. The van der Waals surface area contributed by atoms with Gasteiger partial charge in [0.2, 0.25) is 0 Å². The fourth-order valence-electron chi connectivity index (χ4n) is 1.87. The first-order valence-electron chi connectivity index (χ1n) is 4.95. The van der Waals surface area contributed by atoms with E-state index in [-0.39, 0.29) is 23.2 Å². The molecule has 0 bridgehead atoms. The van der Waals surface area contributed by atoms with Gasteiger partial charge in [-0.1, -0.05) is 0 Å². The van der Waals surface area contributed by atoms with Crippen LogP contribution in [-0.4, -0.2) is 45.7 Å². The molecule has 0 aromatic carbocycles. The van der Waals surface area contributed by atoms with Crippen molar-refractivity contribution >= 4 is 27.8 Å². The Morgan fingerprint density at radius 1 is 1.53 bits per heavy atom. The van der Waals surface area contributed by atoms with Crippen LogP contribution in [-0.2, 0) is 4.79 Å². The minimum absolute atomic E-state index is 0.0212. The van der Waals surface area contributed by atoms with Crippen LogP contribution in [0.3, 0.4) is 0 Å². The summed E-state index contributed by atoms with van der Waals surface area (Å²) in [5.74, 6) is -1.58. The number of hydrogen-bond acceptors (Lipinski definition) is 4. The van der Waals surface area contributed by atoms with Crippen molar-refractivity contribution in [2.75, 3.05) is 6.54 Å². The summed E-state index contributed by atoms with van der Waals surface area (Å²) >= 11 is 3.06. The number of aliphatic carboxylic acids is 1. The van der Waals surface area contributed by atoms with E-state index in [1.807, 2.05) is 0 Å². The van der Waals surface area contributed by atoms with Crippen LogP contribution >= 0.6 is 15.9 Å². The van der Waals surface area contributed by atoms with Crippen molar-refractivity contribution < 1.29 is 24.2 Å². The van der Waals surface area contributed by atoms with Crippen molar-refractivity contribution in [1.82, 2.24) is 4.90 Å². The van der Waals surface area contributed by atoms with Crippen LogP contribution in [0.2, 0.25) is 0 Å². The predicted molar refractivity (Wildman–Crippen MR) is 59.5 cm³/mol. The molecule has 1 aromatic heterocycles. The third-order valence-electron chi connectivity index (χ3n) is 2.67. The molecule has 1 aliphatic heterocycles. The van der Waals surface area contributed by atoms with Gasteiger partial charge >= 0.3 is 5.97 Å². The van der Waals surface area contributed by atoms with Crippen molar-refractivity contribution in [3.63, 3.8) is 0 Å². The lowest BCUT2D eigenvalue weighted by Crippen LogP contribution is -2.40. The molecule has 1 aromatic rings. The smallest absolute Gasteiger partial charge is 0.326 e. The number of carboxylic acid groups (broad SMARTS) is 1. The maximum Gasteiger partial charge on any atom is 0.326 e. The SMILES string of the molecule is O=C(O)[C@@H]1C[C@@H](O)CN1C(=O)c1ccoc1Br. The van der Waals surface area contributed by atoms with Gasteiger partial charge in [0.1, 0.15) is 6.04 Å². The molecule has 2 N–H and O–H groups in total. The number of carbonyl (C=O) groups excluding carboxylic acids is 1. The highest BCUT2D eigenvalue weighted by Gasteiger charge is 2.39. The van der Waals surface area contributed by atoms with Crippen molar-refractivity contribution in [1.29, 1.82) is 0 Å². The van der Waals surface area contributed by atoms with Crippen molar-refractivity contribution in [2.45, 2.75) is 18.6 Å². The highest BCUT2D eigenvalue weighted by molar-refractivity contribution is 9.10. The zero-order chi connectivity index (χ0) is 12.6. The summed E-state index contributed by atoms with van der Waals surface area (Å²) in [4.78, 5) is 24.2.